The molecule has 0 bridgehead atoms. The fourth-order valence-corrected chi connectivity index (χ4v) is 2.60. The van der Waals surface area contributed by atoms with E-state index < -0.39 is 0 Å². The van der Waals surface area contributed by atoms with Gasteiger partial charge in [-0.05, 0) is 31.0 Å². The highest BCUT2D eigenvalue weighted by Crippen LogP contribution is 2.29. The van der Waals surface area contributed by atoms with E-state index in [0.717, 1.165) is 25.2 Å². The van der Waals surface area contributed by atoms with Gasteiger partial charge in [-0.3, -0.25) is 4.98 Å². The smallest absolute Gasteiger partial charge is 0.0722 e. The molecule has 1 aromatic heterocycles. The molecule has 3 nitrogen and oxygen atoms in total. The fourth-order valence-electron chi connectivity index (χ4n) is 2.60. The van der Waals surface area contributed by atoms with Crippen LogP contribution in [-0.4, -0.2) is 24.6 Å². The predicted molar refractivity (Wildman–Crippen MR) is 71.1 cm³/mol. The summed E-state index contributed by atoms with van der Waals surface area (Å²) in [5.41, 5.74) is 8.12. The lowest BCUT2D eigenvalue weighted by Gasteiger charge is -2.20. The summed E-state index contributed by atoms with van der Waals surface area (Å²) in [5, 5.41) is 1.24. The van der Waals surface area contributed by atoms with Crippen molar-refractivity contribution in [1.29, 1.82) is 0 Å². The van der Waals surface area contributed by atoms with Crippen LogP contribution in [0, 0.1) is 5.92 Å². The molecule has 0 radical (unpaired) electrons. The van der Waals surface area contributed by atoms with E-state index in [1.807, 2.05) is 12.3 Å². The van der Waals surface area contributed by atoms with E-state index in [1.165, 1.54) is 17.5 Å². The van der Waals surface area contributed by atoms with Gasteiger partial charge in [0.1, 0.15) is 0 Å². The molecule has 0 saturated carbocycles. The van der Waals surface area contributed by atoms with E-state index in [0.29, 0.717) is 5.92 Å². The number of nitrogens with two attached hydrogens (primary N) is 1. The van der Waals surface area contributed by atoms with Crippen LogP contribution in [0.2, 0.25) is 0 Å². The third-order valence-corrected chi connectivity index (χ3v) is 3.59. The van der Waals surface area contributed by atoms with Gasteiger partial charge < -0.3 is 10.6 Å². The lowest BCUT2D eigenvalue weighted by atomic mass is 10.1. The average Bonchev–Trinajstić information content (AvgIpc) is 2.87. The number of anilines is 1. The number of nitrogens with zero attached hydrogens (tertiary/aromatic N) is 2. The first-order valence-corrected chi connectivity index (χ1v) is 6.17. The van der Waals surface area contributed by atoms with Crippen molar-refractivity contribution in [3.63, 3.8) is 0 Å². The van der Waals surface area contributed by atoms with Crippen molar-refractivity contribution in [3.05, 3.63) is 36.5 Å². The van der Waals surface area contributed by atoms with Gasteiger partial charge in [0.05, 0.1) is 5.52 Å². The van der Waals surface area contributed by atoms with Crippen LogP contribution in [-0.2, 0) is 0 Å². The van der Waals surface area contributed by atoms with Crippen LogP contribution >= 0.6 is 0 Å². The number of benzene rings is 1. The monoisotopic (exact) mass is 227 g/mol. The lowest BCUT2D eigenvalue weighted by molar-refractivity contribution is 0.603. The van der Waals surface area contributed by atoms with Crippen LogP contribution in [0.25, 0.3) is 10.9 Å². The van der Waals surface area contributed by atoms with Crippen LogP contribution < -0.4 is 10.6 Å². The minimum atomic E-state index is 0.641. The van der Waals surface area contributed by atoms with Crippen molar-refractivity contribution in [2.24, 2.45) is 11.7 Å². The maximum Gasteiger partial charge on any atom is 0.0722 e. The Balaban J connectivity index is 2.00. The second kappa shape index (κ2) is 4.34. The van der Waals surface area contributed by atoms with Crippen LogP contribution in [0.15, 0.2) is 36.5 Å². The van der Waals surface area contributed by atoms with Gasteiger partial charge in [-0.15, -0.1) is 0 Å². The van der Waals surface area contributed by atoms with E-state index in [-0.39, 0.29) is 0 Å². The molecular weight excluding hydrogens is 210 g/mol. The van der Waals surface area contributed by atoms with Crippen LogP contribution in [0.3, 0.4) is 0 Å². The molecule has 1 aromatic carbocycles. The van der Waals surface area contributed by atoms with Crippen molar-refractivity contribution < 1.29 is 0 Å². The SMILES string of the molecule is NCC1CCN(c2ccnc3ccccc23)C1. The molecule has 3 heteroatoms. The molecule has 0 aliphatic carbocycles. The molecule has 1 fully saturated rings. The zero-order valence-corrected chi connectivity index (χ0v) is 9.84. The quantitative estimate of drug-likeness (QED) is 0.853. The van der Waals surface area contributed by atoms with E-state index in [2.05, 4.69) is 34.1 Å². The molecule has 1 aliphatic rings. The molecule has 0 amide bonds. The summed E-state index contributed by atoms with van der Waals surface area (Å²) in [5.74, 6) is 0.641. The van der Waals surface area contributed by atoms with Crippen LogP contribution in [0.5, 0.6) is 0 Å². The molecule has 0 spiro atoms. The van der Waals surface area contributed by atoms with Gasteiger partial charge in [-0.25, -0.2) is 0 Å². The Morgan fingerprint density at radius 2 is 2.18 bits per heavy atom. The largest absolute Gasteiger partial charge is 0.371 e. The van der Waals surface area contributed by atoms with Crippen molar-refractivity contribution in [2.75, 3.05) is 24.5 Å². The highest BCUT2D eigenvalue weighted by atomic mass is 15.2. The van der Waals surface area contributed by atoms with Gasteiger partial charge >= 0.3 is 0 Å². The molecule has 17 heavy (non-hydrogen) atoms. The first kappa shape index (κ1) is 10.5. The average molecular weight is 227 g/mol. The number of para-hydroxylation sites is 1. The molecule has 1 atom stereocenters. The number of hydrogen-bond acceptors (Lipinski definition) is 3. The molecule has 1 saturated heterocycles. The fraction of sp³-hybridized carbons (Fsp3) is 0.357. The van der Waals surface area contributed by atoms with E-state index in [4.69, 9.17) is 5.73 Å². The van der Waals surface area contributed by atoms with Gasteiger partial charge in [0.15, 0.2) is 0 Å². The lowest BCUT2D eigenvalue weighted by Crippen LogP contribution is -2.22. The Labute approximate surface area is 101 Å². The second-order valence-electron chi connectivity index (χ2n) is 4.68. The summed E-state index contributed by atoms with van der Waals surface area (Å²) in [6.07, 6.45) is 3.10. The van der Waals surface area contributed by atoms with Crippen molar-refractivity contribution in [1.82, 2.24) is 4.98 Å². The Kier molecular flexibility index (Phi) is 2.69. The maximum absolute atomic E-state index is 5.75. The summed E-state index contributed by atoms with van der Waals surface area (Å²) in [7, 11) is 0. The minimum Gasteiger partial charge on any atom is -0.371 e. The molecule has 1 aliphatic heterocycles. The standard InChI is InChI=1S/C14H17N3/c15-9-11-6-8-17(10-11)14-5-7-16-13-4-2-1-3-12(13)14/h1-5,7,11H,6,8-10,15H2. The first-order valence-electron chi connectivity index (χ1n) is 6.17. The molecule has 2 heterocycles. The zero-order valence-electron chi connectivity index (χ0n) is 9.84. The summed E-state index contributed by atoms with van der Waals surface area (Å²) in [6.45, 7) is 2.97. The van der Waals surface area contributed by atoms with Crippen LogP contribution in [0.1, 0.15) is 6.42 Å². The zero-order chi connectivity index (χ0) is 11.7. The number of rotatable bonds is 2. The van der Waals surface area contributed by atoms with Crippen LogP contribution in [0.4, 0.5) is 5.69 Å². The predicted octanol–water partition coefficient (Wildman–Crippen LogP) is 2.02. The van der Waals surface area contributed by atoms with Crippen molar-refractivity contribution in [2.45, 2.75) is 6.42 Å². The first-order chi connectivity index (χ1) is 8.38. The van der Waals surface area contributed by atoms with Crippen molar-refractivity contribution >= 4 is 16.6 Å². The van der Waals surface area contributed by atoms with E-state index in [9.17, 15) is 0 Å². The summed E-state index contributed by atoms with van der Waals surface area (Å²) < 4.78 is 0. The Morgan fingerprint density at radius 1 is 1.29 bits per heavy atom. The molecule has 2 N–H and O–H groups in total. The third-order valence-electron chi connectivity index (χ3n) is 3.59. The molecule has 1 unspecified atom stereocenters. The maximum atomic E-state index is 5.75. The van der Waals surface area contributed by atoms with E-state index in [1.54, 1.807) is 0 Å². The van der Waals surface area contributed by atoms with Gasteiger partial charge in [0, 0.05) is 30.4 Å². The van der Waals surface area contributed by atoms with Gasteiger partial charge in [0.2, 0.25) is 0 Å². The van der Waals surface area contributed by atoms with Gasteiger partial charge in [0.25, 0.3) is 0 Å². The van der Waals surface area contributed by atoms with Crippen molar-refractivity contribution in [3.8, 4) is 0 Å². The molecular formula is C14H17N3. The minimum absolute atomic E-state index is 0.641. The highest BCUT2D eigenvalue weighted by Gasteiger charge is 2.22. The normalized spacial score (nSPS) is 20.1. The Bertz CT molecular complexity index is 518. The highest BCUT2D eigenvalue weighted by molar-refractivity contribution is 5.91. The number of aromatic nitrogens is 1. The molecule has 3 rings (SSSR count). The number of hydrogen-bond donors (Lipinski definition) is 1. The molecule has 88 valence electrons. The number of pyridine rings is 1. The third kappa shape index (κ3) is 1.87. The summed E-state index contributed by atoms with van der Waals surface area (Å²) in [4.78, 5) is 6.83. The summed E-state index contributed by atoms with van der Waals surface area (Å²) >= 11 is 0. The Hall–Kier alpha value is -1.61. The van der Waals surface area contributed by atoms with Gasteiger partial charge in [-0.2, -0.15) is 0 Å². The Morgan fingerprint density at radius 3 is 3.00 bits per heavy atom. The second-order valence-corrected chi connectivity index (χ2v) is 4.68. The van der Waals surface area contributed by atoms with Gasteiger partial charge in [-0.1, -0.05) is 18.2 Å². The topological polar surface area (TPSA) is 42.1 Å². The molecule has 2 aromatic rings. The number of fused-ring (bicyclic) bond motifs is 1. The van der Waals surface area contributed by atoms with E-state index >= 15 is 0 Å². The summed E-state index contributed by atoms with van der Waals surface area (Å²) in [6, 6.07) is 10.4.